The third-order valence-electron chi connectivity index (χ3n) is 2.72. The molecule has 0 saturated carbocycles. The summed E-state index contributed by atoms with van der Waals surface area (Å²) < 4.78 is 9.81. The molecular formula is C10H16N2O4. The van der Waals surface area contributed by atoms with Gasteiger partial charge in [-0.3, -0.25) is 0 Å². The molecule has 0 unspecified atom stereocenters. The second-order valence-electron chi connectivity index (χ2n) is 4.23. The molecule has 0 spiro atoms. The maximum atomic E-state index is 11.2. The lowest BCUT2D eigenvalue weighted by molar-refractivity contribution is 0.0805. The monoisotopic (exact) mass is 228 g/mol. The van der Waals surface area contributed by atoms with E-state index in [1.54, 1.807) is 9.80 Å². The lowest BCUT2D eigenvalue weighted by Gasteiger charge is -2.07. The Balaban J connectivity index is 1.52. The highest BCUT2D eigenvalue weighted by Crippen LogP contribution is 2.18. The number of carbonyl (C=O) groups excluding carboxylic acids is 2. The van der Waals surface area contributed by atoms with Crippen molar-refractivity contribution in [3.63, 3.8) is 0 Å². The van der Waals surface area contributed by atoms with Crippen LogP contribution in [0.4, 0.5) is 9.59 Å². The highest BCUT2D eigenvalue weighted by molar-refractivity contribution is 5.71. The van der Waals surface area contributed by atoms with Gasteiger partial charge >= 0.3 is 12.2 Å². The average molecular weight is 228 g/mol. The van der Waals surface area contributed by atoms with E-state index in [4.69, 9.17) is 9.47 Å². The van der Waals surface area contributed by atoms with E-state index in [2.05, 4.69) is 0 Å². The SMILES string of the molecule is C[C@H]1CN1C(=O)OCCOC(=O)N1C[C@@H]1C. The van der Waals surface area contributed by atoms with Gasteiger partial charge in [-0.25, -0.2) is 9.59 Å². The molecule has 2 aliphatic rings. The summed E-state index contributed by atoms with van der Waals surface area (Å²) in [6.07, 6.45) is -0.660. The third kappa shape index (κ3) is 2.56. The molecule has 16 heavy (non-hydrogen) atoms. The Kier molecular flexibility index (Phi) is 2.89. The number of carbonyl (C=O) groups is 2. The van der Waals surface area contributed by atoms with Crippen LogP contribution in [0.25, 0.3) is 0 Å². The molecule has 2 rings (SSSR count). The van der Waals surface area contributed by atoms with E-state index in [-0.39, 0.29) is 37.5 Å². The third-order valence-corrected chi connectivity index (χ3v) is 2.72. The molecule has 2 atom stereocenters. The minimum absolute atomic E-state index is 0.121. The molecule has 0 aromatic carbocycles. The van der Waals surface area contributed by atoms with Crippen molar-refractivity contribution >= 4 is 12.2 Å². The van der Waals surface area contributed by atoms with Crippen LogP contribution >= 0.6 is 0 Å². The Morgan fingerprint density at radius 1 is 1.00 bits per heavy atom. The smallest absolute Gasteiger partial charge is 0.410 e. The second kappa shape index (κ2) is 4.19. The van der Waals surface area contributed by atoms with Crippen LogP contribution in [0.1, 0.15) is 13.8 Å². The lowest BCUT2D eigenvalue weighted by Crippen LogP contribution is -2.21. The van der Waals surface area contributed by atoms with Crippen molar-refractivity contribution in [2.45, 2.75) is 25.9 Å². The molecule has 6 nitrogen and oxygen atoms in total. The predicted molar refractivity (Wildman–Crippen MR) is 55.0 cm³/mol. The van der Waals surface area contributed by atoms with Gasteiger partial charge in [0.25, 0.3) is 0 Å². The van der Waals surface area contributed by atoms with Crippen molar-refractivity contribution in [3.8, 4) is 0 Å². The molecule has 2 saturated heterocycles. The van der Waals surface area contributed by atoms with E-state index in [0.717, 1.165) is 13.1 Å². The van der Waals surface area contributed by atoms with E-state index in [9.17, 15) is 9.59 Å². The molecule has 6 heteroatoms. The minimum atomic E-state index is -0.330. The standard InChI is InChI=1S/C10H16N2O4/c1-7-5-11(7)9(13)15-3-4-16-10(14)12-6-8(12)2/h7-8H,3-6H2,1-2H3/t7-,8-,11?,12?/m0/s1. The summed E-state index contributed by atoms with van der Waals surface area (Å²) in [5.41, 5.74) is 0. The summed E-state index contributed by atoms with van der Waals surface area (Å²) in [6.45, 7) is 5.64. The van der Waals surface area contributed by atoms with Gasteiger partial charge in [-0.1, -0.05) is 0 Å². The van der Waals surface area contributed by atoms with Gasteiger partial charge in [0.2, 0.25) is 0 Å². The normalized spacial score (nSPS) is 26.4. The Morgan fingerprint density at radius 2 is 1.31 bits per heavy atom. The van der Waals surface area contributed by atoms with Gasteiger partial charge < -0.3 is 19.3 Å². The fraction of sp³-hybridized carbons (Fsp3) is 0.800. The van der Waals surface area contributed by atoms with Gasteiger partial charge in [0.1, 0.15) is 13.2 Å². The number of amides is 2. The zero-order valence-corrected chi connectivity index (χ0v) is 9.51. The van der Waals surface area contributed by atoms with Gasteiger partial charge in [-0.2, -0.15) is 0 Å². The van der Waals surface area contributed by atoms with Crippen molar-refractivity contribution in [1.82, 2.24) is 9.80 Å². The van der Waals surface area contributed by atoms with E-state index in [1.165, 1.54) is 0 Å². The Morgan fingerprint density at radius 3 is 1.56 bits per heavy atom. The summed E-state index contributed by atoms with van der Waals surface area (Å²) >= 11 is 0. The van der Waals surface area contributed by atoms with Crippen molar-refractivity contribution < 1.29 is 19.1 Å². The van der Waals surface area contributed by atoms with Crippen molar-refractivity contribution in [2.24, 2.45) is 0 Å². The predicted octanol–water partition coefficient (Wildman–Crippen LogP) is 0.668. The van der Waals surface area contributed by atoms with Crippen molar-refractivity contribution in [1.29, 1.82) is 0 Å². The van der Waals surface area contributed by atoms with Crippen LogP contribution in [0.3, 0.4) is 0 Å². The van der Waals surface area contributed by atoms with Gasteiger partial charge in [0.15, 0.2) is 0 Å². The first-order chi connectivity index (χ1) is 7.59. The lowest BCUT2D eigenvalue weighted by atomic mass is 10.6. The van der Waals surface area contributed by atoms with Gasteiger partial charge in [-0.15, -0.1) is 0 Å². The molecule has 0 aromatic heterocycles. The zero-order valence-electron chi connectivity index (χ0n) is 9.51. The molecule has 0 N–H and O–H groups in total. The minimum Gasteiger partial charge on any atom is -0.446 e. The summed E-state index contributed by atoms with van der Waals surface area (Å²) in [5.74, 6) is 0. The number of hydrogen-bond donors (Lipinski definition) is 0. The summed E-state index contributed by atoms with van der Waals surface area (Å²) in [6, 6.07) is 0.571. The van der Waals surface area contributed by atoms with Crippen molar-refractivity contribution in [3.05, 3.63) is 0 Å². The number of hydrogen-bond acceptors (Lipinski definition) is 4. The molecule has 2 heterocycles. The van der Waals surface area contributed by atoms with Crippen LogP contribution in [-0.2, 0) is 9.47 Å². The number of nitrogens with zero attached hydrogens (tertiary/aromatic N) is 2. The molecule has 0 bridgehead atoms. The van der Waals surface area contributed by atoms with Crippen LogP contribution in [0.2, 0.25) is 0 Å². The van der Waals surface area contributed by atoms with Crippen LogP contribution in [0.15, 0.2) is 0 Å². The average Bonchev–Trinajstić information content (AvgIpc) is 3.11. The topological polar surface area (TPSA) is 58.6 Å². The maximum Gasteiger partial charge on any atom is 0.410 e. The molecule has 2 fully saturated rings. The van der Waals surface area contributed by atoms with E-state index < -0.39 is 0 Å². The highest BCUT2D eigenvalue weighted by atomic mass is 16.6. The molecule has 2 aliphatic heterocycles. The van der Waals surface area contributed by atoms with Crippen LogP contribution in [0, 0.1) is 0 Å². The summed E-state index contributed by atoms with van der Waals surface area (Å²) in [7, 11) is 0. The molecule has 0 aliphatic carbocycles. The molecular weight excluding hydrogens is 212 g/mol. The summed E-state index contributed by atoms with van der Waals surface area (Å²) in [4.78, 5) is 25.6. The first kappa shape index (κ1) is 11.0. The van der Waals surface area contributed by atoms with Gasteiger partial charge in [0.05, 0.1) is 12.1 Å². The molecule has 0 radical (unpaired) electrons. The zero-order chi connectivity index (χ0) is 11.7. The number of rotatable bonds is 3. The van der Waals surface area contributed by atoms with Crippen LogP contribution < -0.4 is 0 Å². The fourth-order valence-corrected chi connectivity index (χ4v) is 1.41. The number of ether oxygens (including phenoxy) is 2. The van der Waals surface area contributed by atoms with E-state index in [1.807, 2.05) is 13.8 Å². The van der Waals surface area contributed by atoms with E-state index in [0.29, 0.717) is 0 Å². The Bertz CT molecular complexity index is 277. The summed E-state index contributed by atoms with van der Waals surface area (Å²) in [5, 5.41) is 0. The fourth-order valence-electron chi connectivity index (χ4n) is 1.41. The Labute approximate surface area is 94.1 Å². The molecule has 2 amide bonds. The Hall–Kier alpha value is -1.46. The quantitative estimate of drug-likeness (QED) is 0.526. The highest BCUT2D eigenvalue weighted by Gasteiger charge is 2.36. The maximum absolute atomic E-state index is 11.2. The van der Waals surface area contributed by atoms with Crippen molar-refractivity contribution in [2.75, 3.05) is 26.3 Å². The molecule has 90 valence electrons. The van der Waals surface area contributed by atoms with Gasteiger partial charge in [-0.05, 0) is 13.8 Å². The first-order valence-corrected chi connectivity index (χ1v) is 5.46. The van der Waals surface area contributed by atoms with Crippen LogP contribution in [0.5, 0.6) is 0 Å². The largest absolute Gasteiger partial charge is 0.446 e. The van der Waals surface area contributed by atoms with Gasteiger partial charge in [0, 0.05) is 13.1 Å². The second-order valence-corrected chi connectivity index (χ2v) is 4.23. The van der Waals surface area contributed by atoms with Crippen LogP contribution in [-0.4, -0.2) is 60.4 Å². The van der Waals surface area contributed by atoms with E-state index >= 15 is 0 Å². The molecule has 0 aromatic rings. The first-order valence-electron chi connectivity index (χ1n) is 5.46.